The van der Waals surface area contributed by atoms with E-state index in [0.29, 0.717) is 40.9 Å². The molecule has 2 amide bonds. The van der Waals surface area contributed by atoms with Gasteiger partial charge in [0.1, 0.15) is 5.69 Å². The Morgan fingerprint density at radius 3 is 2.51 bits per heavy atom. The largest absolute Gasteiger partial charge is 0.396 e. The number of hydrogen-bond acceptors (Lipinski definition) is 7. The lowest BCUT2D eigenvalue weighted by molar-refractivity contribution is 0.0949. The predicted octanol–water partition coefficient (Wildman–Crippen LogP) is 4.27. The zero-order chi connectivity index (χ0) is 27.3. The summed E-state index contributed by atoms with van der Waals surface area (Å²) >= 11 is 1.40. The van der Waals surface area contributed by atoms with Crippen molar-refractivity contribution in [3.05, 3.63) is 59.0 Å². The van der Waals surface area contributed by atoms with Gasteiger partial charge in [-0.25, -0.2) is 9.97 Å². The average Bonchev–Trinajstić information content (AvgIpc) is 3.41. The Morgan fingerprint density at radius 2 is 1.92 bits per heavy atom. The van der Waals surface area contributed by atoms with E-state index in [4.69, 9.17) is 16.6 Å². The van der Waals surface area contributed by atoms with E-state index in [-0.39, 0.29) is 5.91 Å². The van der Waals surface area contributed by atoms with Gasteiger partial charge < -0.3 is 21.9 Å². The van der Waals surface area contributed by atoms with E-state index >= 15 is 0 Å². The van der Waals surface area contributed by atoms with Gasteiger partial charge in [-0.05, 0) is 48.6 Å². The molecular formula is C27H36N6O3S. The summed E-state index contributed by atoms with van der Waals surface area (Å²) in [4.78, 5) is 33.9. The van der Waals surface area contributed by atoms with E-state index < -0.39 is 11.3 Å². The smallest absolute Gasteiger partial charge is 0.267 e. The molecule has 37 heavy (non-hydrogen) atoms. The van der Waals surface area contributed by atoms with Crippen LogP contribution in [-0.4, -0.2) is 37.9 Å². The normalized spacial score (nSPS) is 11.5. The van der Waals surface area contributed by atoms with E-state index in [1.54, 1.807) is 22.7 Å². The van der Waals surface area contributed by atoms with Crippen molar-refractivity contribution in [3.63, 3.8) is 0 Å². The molecule has 3 aromatic heterocycles. The average molecular weight is 525 g/mol. The zero-order valence-electron chi connectivity index (χ0n) is 22.0. The number of carbonyl (C=O) groups is 2. The molecule has 0 aliphatic carbocycles. The van der Waals surface area contributed by atoms with E-state index in [1.165, 1.54) is 11.3 Å². The molecule has 0 saturated carbocycles. The molecule has 0 atom stereocenters. The minimum atomic E-state index is -0.581. The summed E-state index contributed by atoms with van der Waals surface area (Å²) in [6, 6.07) is 9.13. The lowest BCUT2D eigenvalue weighted by atomic mass is 9.90. The number of nitrogens with one attached hydrogen (secondary N) is 1. The third-order valence-corrected chi connectivity index (χ3v) is 6.55. The highest BCUT2D eigenvalue weighted by Gasteiger charge is 2.28. The summed E-state index contributed by atoms with van der Waals surface area (Å²) in [5.74, 6) is -0.125. The van der Waals surface area contributed by atoms with Crippen LogP contribution in [0.15, 0.2) is 36.5 Å². The van der Waals surface area contributed by atoms with Gasteiger partial charge in [0, 0.05) is 24.8 Å². The topological polar surface area (TPSA) is 149 Å². The molecule has 6 N–H and O–H groups in total. The molecule has 198 valence electrons. The summed E-state index contributed by atoms with van der Waals surface area (Å²) in [5.41, 5.74) is 14.4. The van der Waals surface area contributed by atoms with Crippen LogP contribution < -0.4 is 16.8 Å². The van der Waals surface area contributed by atoms with Crippen molar-refractivity contribution in [2.24, 2.45) is 11.7 Å². The van der Waals surface area contributed by atoms with Crippen molar-refractivity contribution in [1.29, 1.82) is 0 Å². The Morgan fingerprint density at radius 1 is 1.19 bits per heavy atom. The number of carbonyl (C=O) groups excluding carboxylic acids is 2. The van der Waals surface area contributed by atoms with Crippen LogP contribution in [0.25, 0.3) is 15.9 Å². The first kappa shape index (κ1) is 28.1. The van der Waals surface area contributed by atoms with Gasteiger partial charge in [0.05, 0.1) is 21.5 Å². The highest BCUT2D eigenvalue weighted by Crippen LogP contribution is 2.28. The molecule has 0 radical (unpaired) electrons. The van der Waals surface area contributed by atoms with Crippen molar-refractivity contribution >= 4 is 44.1 Å². The van der Waals surface area contributed by atoms with Crippen LogP contribution in [0.2, 0.25) is 0 Å². The van der Waals surface area contributed by atoms with Crippen LogP contribution in [0.3, 0.4) is 0 Å². The summed E-state index contributed by atoms with van der Waals surface area (Å²) in [5, 5.41) is 11.7. The summed E-state index contributed by atoms with van der Waals surface area (Å²) < 4.78 is 2.56. The lowest BCUT2D eigenvalue weighted by Crippen LogP contribution is -2.24. The number of aliphatic hydroxyl groups excluding tert-OH is 1. The first-order valence-electron chi connectivity index (χ1n) is 12.3. The van der Waals surface area contributed by atoms with Crippen molar-refractivity contribution in [3.8, 4) is 0 Å². The summed E-state index contributed by atoms with van der Waals surface area (Å²) in [7, 11) is 0. The third kappa shape index (κ3) is 6.84. The van der Waals surface area contributed by atoms with Gasteiger partial charge in [0.15, 0.2) is 10.8 Å². The SMILES string of the molecule is CC(C)(C)c1nc2c(C(=O)NCc3ccc4nc(N)sc4c3)cccn2c1C(N)=O.CC(C)CCCO. The highest BCUT2D eigenvalue weighted by molar-refractivity contribution is 7.22. The second-order valence-corrected chi connectivity index (χ2v) is 11.4. The van der Waals surface area contributed by atoms with Crippen LogP contribution in [0.1, 0.15) is 79.6 Å². The van der Waals surface area contributed by atoms with Gasteiger partial charge in [-0.1, -0.05) is 52.0 Å². The minimum Gasteiger partial charge on any atom is -0.396 e. The Bertz CT molecular complexity index is 1400. The van der Waals surface area contributed by atoms with Gasteiger partial charge in [0.2, 0.25) is 0 Å². The lowest BCUT2D eigenvalue weighted by Gasteiger charge is -2.16. The summed E-state index contributed by atoms with van der Waals surface area (Å²) in [6.07, 6.45) is 3.80. The number of aromatic nitrogens is 3. The molecule has 4 rings (SSSR count). The minimum absolute atomic E-state index is 0.286. The number of primary amides is 1. The number of amides is 2. The molecule has 0 aliphatic heterocycles. The second kappa shape index (κ2) is 11.7. The molecule has 0 fully saturated rings. The fraction of sp³-hybridized carbons (Fsp3) is 0.407. The molecule has 9 nitrogen and oxygen atoms in total. The number of aliphatic hydroxyl groups is 1. The predicted molar refractivity (Wildman–Crippen MR) is 149 cm³/mol. The number of benzene rings is 1. The number of nitrogen functional groups attached to an aromatic ring is 1. The Labute approximate surface area is 220 Å². The molecular weight excluding hydrogens is 488 g/mol. The van der Waals surface area contributed by atoms with Gasteiger partial charge in [0.25, 0.3) is 11.8 Å². The number of rotatable bonds is 7. The molecule has 0 bridgehead atoms. The number of nitrogens with two attached hydrogens (primary N) is 2. The van der Waals surface area contributed by atoms with E-state index in [9.17, 15) is 9.59 Å². The number of imidazole rings is 1. The van der Waals surface area contributed by atoms with Crippen LogP contribution in [0.5, 0.6) is 0 Å². The van der Waals surface area contributed by atoms with E-state index in [1.807, 2.05) is 39.0 Å². The van der Waals surface area contributed by atoms with Crippen molar-refractivity contribution < 1.29 is 14.7 Å². The quantitative estimate of drug-likeness (QED) is 0.284. The molecule has 0 unspecified atom stereocenters. The zero-order valence-corrected chi connectivity index (χ0v) is 22.9. The van der Waals surface area contributed by atoms with E-state index in [2.05, 4.69) is 29.1 Å². The maximum absolute atomic E-state index is 12.9. The molecule has 0 saturated heterocycles. The molecule has 10 heteroatoms. The maximum Gasteiger partial charge on any atom is 0.267 e. The first-order chi connectivity index (χ1) is 17.4. The highest BCUT2D eigenvalue weighted by atomic mass is 32.1. The maximum atomic E-state index is 12.9. The fourth-order valence-electron chi connectivity index (χ4n) is 3.88. The number of pyridine rings is 1. The molecule has 0 aliphatic rings. The monoisotopic (exact) mass is 524 g/mol. The van der Waals surface area contributed by atoms with Gasteiger partial charge >= 0.3 is 0 Å². The van der Waals surface area contributed by atoms with Crippen LogP contribution >= 0.6 is 11.3 Å². The van der Waals surface area contributed by atoms with Gasteiger partial charge in [-0.3, -0.25) is 14.0 Å². The standard InChI is InChI=1S/C21H22N6O2S.C6H14O/c1-21(2,3)16-15(17(22)28)27-8-4-5-12(18(27)26-16)19(29)24-10-11-6-7-13-14(9-11)30-20(23)25-13;1-6(2)4-3-5-7/h4-9H,10H2,1-3H3,(H2,22,28)(H2,23,25)(H,24,29);6-7H,3-5H2,1-2H3. The van der Waals surface area contributed by atoms with E-state index in [0.717, 1.165) is 34.5 Å². The number of fused-ring (bicyclic) bond motifs is 2. The van der Waals surface area contributed by atoms with Crippen molar-refractivity contribution in [2.75, 3.05) is 12.3 Å². The molecule has 4 aromatic rings. The Hall–Kier alpha value is -3.50. The van der Waals surface area contributed by atoms with Crippen LogP contribution in [-0.2, 0) is 12.0 Å². The van der Waals surface area contributed by atoms with Gasteiger partial charge in [-0.2, -0.15) is 0 Å². The summed E-state index contributed by atoms with van der Waals surface area (Å²) in [6.45, 7) is 10.8. The Kier molecular flexibility index (Phi) is 8.88. The second-order valence-electron chi connectivity index (χ2n) is 10.3. The van der Waals surface area contributed by atoms with Crippen molar-refractivity contribution in [1.82, 2.24) is 19.7 Å². The number of anilines is 1. The number of thiazole rings is 1. The molecule has 1 aromatic carbocycles. The van der Waals surface area contributed by atoms with Crippen LogP contribution in [0, 0.1) is 5.92 Å². The fourth-order valence-corrected chi connectivity index (χ4v) is 4.68. The number of nitrogens with zero attached hydrogens (tertiary/aromatic N) is 3. The number of hydrogen-bond donors (Lipinski definition) is 4. The van der Waals surface area contributed by atoms with Gasteiger partial charge in [-0.15, -0.1) is 0 Å². The molecule has 3 heterocycles. The Balaban J connectivity index is 0.000000479. The molecule has 0 spiro atoms. The third-order valence-electron chi connectivity index (χ3n) is 5.70. The first-order valence-corrected chi connectivity index (χ1v) is 13.1. The van der Waals surface area contributed by atoms with Crippen molar-refractivity contribution in [2.45, 2.75) is 59.4 Å². The van der Waals surface area contributed by atoms with Crippen LogP contribution in [0.4, 0.5) is 5.13 Å².